The number of thiazole rings is 1. The molecular weight excluding hydrogens is 287 g/mol. The third-order valence-electron chi connectivity index (χ3n) is 2.48. The Balaban J connectivity index is 2.25. The first kappa shape index (κ1) is 13.9. The van der Waals surface area contributed by atoms with E-state index in [0.717, 1.165) is 12.1 Å². The van der Waals surface area contributed by atoms with Crippen LogP contribution in [-0.4, -0.2) is 15.8 Å². The van der Waals surface area contributed by atoms with Gasteiger partial charge in [0.25, 0.3) is 11.6 Å². The standard InChI is InChI=1S/C11H9FN4O3S/c12-6-1-2-7(16(18)19)10(13)9(6)11(17)15-5-8-14-3-4-20-8/h1-4H,5,13H2,(H,15,17). The second kappa shape index (κ2) is 5.61. The van der Waals surface area contributed by atoms with Crippen LogP contribution >= 0.6 is 11.3 Å². The molecule has 0 aliphatic heterocycles. The molecule has 0 fully saturated rings. The van der Waals surface area contributed by atoms with Crippen LogP contribution in [0.3, 0.4) is 0 Å². The summed E-state index contributed by atoms with van der Waals surface area (Å²) in [6.45, 7) is 0.0953. The van der Waals surface area contributed by atoms with Gasteiger partial charge in [0.2, 0.25) is 0 Å². The third-order valence-corrected chi connectivity index (χ3v) is 3.26. The number of hydrogen-bond acceptors (Lipinski definition) is 6. The average molecular weight is 296 g/mol. The summed E-state index contributed by atoms with van der Waals surface area (Å²) in [6.07, 6.45) is 1.56. The molecule has 0 aliphatic carbocycles. The summed E-state index contributed by atoms with van der Waals surface area (Å²) in [5.74, 6) is -1.73. The zero-order valence-electron chi connectivity index (χ0n) is 10.00. The largest absolute Gasteiger partial charge is 0.392 e. The fourth-order valence-electron chi connectivity index (χ4n) is 1.56. The molecule has 0 saturated carbocycles. The lowest BCUT2D eigenvalue weighted by atomic mass is 10.1. The molecule has 0 atom stereocenters. The van der Waals surface area contributed by atoms with Crippen LogP contribution in [0.2, 0.25) is 0 Å². The van der Waals surface area contributed by atoms with E-state index in [-0.39, 0.29) is 6.54 Å². The number of rotatable bonds is 4. The predicted molar refractivity (Wildman–Crippen MR) is 70.8 cm³/mol. The summed E-state index contributed by atoms with van der Waals surface area (Å²) in [5, 5.41) is 15.5. The monoisotopic (exact) mass is 296 g/mol. The molecule has 20 heavy (non-hydrogen) atoms. The first-order chi connectivity index (χ1) is 9.50. The van der Waals surface area contributed by atoms with Crippen LogP contribution in [0.5, 0.6) is 0 Å². The van der Waals surface area contributed by atoms with Gasteiger partial charge in [-0.1, -0.05) is 0 Å². The Kier molecular flexibility index (Phi) is 3.89. The van der Waals surface area contributed by atoms with Crippen LogP contribution < -0.4 is 11.1 Å². The molecule has 1 heterocycles. The Hall–Kier alpha value is -2.55. The highest BCUT2D eigenvalue weighted by molar-refractivity contribution is 7.09. The summed E-state index contributed by atoms with van der Waals surface area (Å²) >= 11 is 1.32. The lowest BCUT2D eigenvalue weighted by Gasteiger charge is -2.07. The van der Waals surface area contributed by atoms with E-state index < -0.39 is 33.6 Å². The number of benzene rings is 1. The molecule has 0 unspecified atom stereocenters. The number of anilines is 1. The molecule has 104 valence electrons. The van der Waals surface area contributed by atoms with Gasteiger partial charge in [-0.3, -0.25) is 14.9 Å². The number of carbonyl (C=O) groups excluding carboxylic acids is 1. The Morgan fingerprint density at radius 3 is 2.90 bits per heavy atom. The third kappa shape index (κ3) is 2.72. The van der Waals surface area contributed by atoms with E-state index in [0.29, 0.717) is 5.01 Å². The van der Waals surface area contributed by atoms with Crippen LogP contribution in [-0.2, 0) is 6.54 Å². The van der Waals surface area contributed by atoms with Crippen LogP contribution in [0, 0.1) is 15.9 Å². The van der Waals surface area contributed by atoms with Gasteiger partial charge in [-0.15, -0.1) is 11.3 Å². The molecule has 0 bridgehead atoms. The van der Waals surface area contributed by atoms with Crippen molar-refractivity contribution in [3.63, 3.8) is 0 Å². The summed E-state index contributed by atoms with van der Waals surface area (Å²) in [5.41, 5.74) is 3.95. The SMILES string of the molecule is Nc1c([N+](=O)[O-])ccc(F)c1C(=O)NCc1nccs1. The summed E-state index contributed by atoms with van der Waals surface area (Å²) in [4.78, 5) is 25.8. The number of aromatic nitrogens is 1. The van der Waals surface area contributed by atoms with Gasteiger partial charge in [0.15, 0.2) is 0 Å². The van der Waals surface area contributed by atoms with Crippen molar-refractivity contribution in [3.8, 4) is 0 Å². The molecule has 0 saturated heterocycles. The van der Waals surface area contributed by atoms with Gasteiger partial charge in [-0.2, -0.15) is 0 Å². The van der Waals surface area contributed by atoms with Crippen molar-refractivity contribution in [3.05, 3.63) is 50.2 Å². The zero-order valence-corrected chi connectivity index (χ0v) is 10.8. The maximum Gasteiger partial charge on any atom is 0.293 e. The molecule has 0 aliphatic rings. The van der Waals surface area contributed by atoms with Crippen molar-refractivity contribution in [2.24, 2.45) is 0 Å². The minimum absolute atomic E-state index is 0.0953. The zero-order chi connectivity index (χ0) is 14.7. The fraction of sp³-hybridized carbons (Fsp3) is 0.0909. The maximum absolute atomic E-state index is 13.6. The Labute approximate surface area is 116 Å². The number of carbonyl (C=O) groups is 1. The number of nitrogen functional groups attached to an aromatic ring is 1. The van der Waals surface area contributed by atoms with E-state index in [2.05, 4.69) is 10.3 Å². The molecule has 2 rings (SSSR count). The number of halogens is 1. The quantitative estimate of drug-likeness (QED) is 0.506. The van der Waals surface area contributed by atoms with Crippen LogP contribution in [0.25, 0.3) is 0 Å². The topological polar surface area (TPSA) is 111 Å². The normalized spacial score (nSPS) is 10.2. The molecule has 1 aromatic heterocycles. The van der Waals surface area contributed by atoms with Crippen molar-refractivity contribution in [1.29, 1.82) is 0 Å². The van der Waals surface area contributed by atoms with E-state index in [9.17, 15) is 19.3 Å². The van der Waals surface area contributed by atoms with Crippen molar-refractivity contribution in [2.75, 3.05) is 5.73 Å². The number of nitro benzene ring substituents is 1. The Bertz CT molecular complexity index is 660. The van der Waals surface area contributed by atoms with Gasteiger partial charge in [-0.05, 0) is 6.07 Å². The van der Waals surface area contributed by atoms with E-state index in [1.807, 2.05) is 0 Å². The predicted octanol–water partition coefficient (Wildman–Crippen LogP) is 1.70. The Morgan fingerprint density at radius 1 is 1.55 bits per heavy atom. The number of hydrogen-bond donors (Lipinski definition) is 2. The Morgan fingerprint density at radius 2 is 2.30 bits per heavy atom. The van der Waals surface area contributed by atoms with Crippen molar-refractivity contribution < 1.29 is 14.1 Å². The highest BCUT2D eigenvalue weighted by Crippen LogP contribution is 2.27. The van der Waals surface area contributed by atoms with Crippen LogP contribution in [0.4, 0.5) is 15.8 Å². The highest BCUT2D eigenvalue weighted by Gasteiger charge is 2.23. The van der Waals surface area contributed by atoms with Gasteiger partial charge in [0.05, 0.1) is 11.5 Å². The van der Waals surface area contributed by atoms with E-state index in [4.69, 9.17) is 5.73 Å². The average Bonchev–Trinajstić information content (AvgIpc) is 2.89. The minimum Gasteiger partial charge on any atom is -0.392 e. The minimum atomic E-state index is -0.912. The first-order valence-corrected chi connectivity index (χ1v) is 6.27. The second-order valence-corrected chi connectivity index (χ2v) is 4.70. The molecule has 2 aromatic rings. The number of nitrogens with one attached hydrogen (secondary N) is 1. The van der Waals surface area contributed by atoms with Gasteiger partial charge >= 0.3 is 0 Å². The van der Waals surface area contributed by atoms with Crippen molar-refractivity contribution in [2.45, 2.75) is 6.54 Å². The molecule has 0 radical (unpaired) electrons. The van der Waals surface area contributed by atoms with Crippen molar-refractivity contribution >= 4 is 28.6 Å². The lowest BCUT2D eigenvalue weighted by Crippen LogP contribution is -2.25. The van der Waals surface area contributed by atoms with E-state index in [1.165, 1.54) is 11.3 Å². The summed E-state index contributed by atoms with van der Waals surface area (Å²) in [6, 6.07) is 1.76. The molecule has 7 nitrogen and oxygen atoms in total. The second-order valence-electron chi connectivity index (χ2n) is 3.72. The molecule has 3 N–H and O–H groups in total. The highest BCUT2D eigenvalue weighted by atomic mass is 32.1. The van der Waals surface area contributed by atoms with Gasteiger partial charge in [-0.25, -0.2) is 9.37 Å². The summed E-state index contributed by atoms with van der Waals surface area (Å²) < 4.78 is 13.6. The van der Waals surface area contributed by atoms with Gasteiger partial charge in [0, 0.05) is 17.6 Å². The fourth-order valence-corrected chi connectivity index (χ4v) is 2.11. The van der Waals surface area contributed by atoms with Gasteiger partial charge < -0.3 is 11.1 Å². The molecule has 9 heteroatoms. The van der Waals surface area contributed by atoms with Crippen LogP contribution in [0.15, 0.2) is 23.7 Å². The molecule has 1 amide bonds. The number of nitrogens with zero attached hydrogens (tertiary/aromatic N) is 2. The smallest absolute Gasteiger partial charge is 0.293 e. The summed E-state index contributed by atoms with van der Waals surface area (Å²) in [7, 11) is 0. The van der Waals surface area contributed by atoms with E-state index >= 15 is 0 Å². The van der Waals surface area contributed by atoms with Crippen molar-refractivity contribution in [1.82, 2.24) is 10.3 Å². The van der Waals surface area contributed by atoms with Crippen LogP contribution in [0.1, 0.15) is 15.4 Å². The number of nitro groups is 1. The van der Waals surface area contributed by atoms with Gasteiger partial charge in [0.1, 0.15) is 22.1 Å². The first-order valence-electron chi connectivity index (χ1n) is 5.39. The molecule has 1 aromatic carbocycles. The lowest BCUT2D eigenvalue weighted by molar-refractivity contribution is -0.384. The number of nitrogens with two attached hydrogens (primary N) is 1. The molecule has 0 spiro atoms. The number of amides is 1. The maximum atomic E-state index is 13.6. The van der Waals surface area contributed by atoms with E-state index in [1.54, 1.807) is 11.6 Å². The molecular formula is C11H9FN4O3S.